The number of hydrogen-bond acceptors (Lipinski definition) is 4. The van der Waals surface area contributed by atoms with E-state index in [0.717, 1.165) is 17.7 Å². The van der Waals surface area contributed by atoms with Crippen molar-refractivity contribution >= 4 is 29.3 Å². The Hall–Kier alpha value is -3.13. The van der Waals surface area contributed by atoms with Gasteiger partial charge in [-0.3, -0.25) is 25.2 Å². The summed E-state index contributed by atoms with van der Waals surface area (Å²) >= 11 is 5.88. The number of rotatable bonds is 8. The third-order valence-corrected chi connectivity index (χ3v) is 4.04. The maximum absolute atomic E-state index is 12.8. The lowest BCUT2D eigenvalue weighted by Gasteiger charge is -2.10. The smallest absolute Gasteiger partial charge is 0.257 e. The number of benzene rings is 2. The molecule has 7 nitrogen and oxygen atoms in total. The van der Waals surface area contributed by atoms with Gasteiger partial charge in [-0.05, 0) is 61.4 Å². The SMILES string of the molecule is Cc1cc(Cl)ccc1OCCCC(=O)NNC(=O)CNC(=O)c1ccc(F)cc1. The molecule has 154 valence electrons. The van der Waals surface area contributed by atoms with Gasteiger partial charge in [0.2, 0.25) is 5.91 Å². The van der Waals surface area contributed by atoms with Crippen molar-refractivity contribution in [3.63, 3.8) is 0 Å². The van der Waals surface area contributed by atoms with Crippen LogP contribution in [-0.2, 0) is 9.59 Å². The molecule has 9 heteroatoms. The molecule has 0 radical (unpaired) electrons. The monoisotopic (exact) mass is 421 g/mol. The van der Waals surface area contributed by atoms with E-state index in [1.807, 2.05) is 6.92 Å². The maximum Gasteiger partial charge on any atom is 0.257 e. The van der Waals surface area contributed by atoms with E-state index < -0.39 is 17.6 Å². The molecule has 2 aromatic carbocycles. The summed E-state index contributed by atoms with van der Waals surface area (Å²) < 4.78 is 18.4. The molecule has 0 spiro atoms. The third-order valence-electron chi connectivity index (χ3n) is 3.80. The minimum absolute atomic E-state index is 0.148. The van der Waals surface area contributed by atoms with Gasteiger partial charge in [0.05, 0.1) is 13.2 Å². The van der Waals surface area contributed by atoms with Crippen molar-refractivity contribution in [1.29, 1.82) is 0 Å². The van der Waals surface area contributed by atoms with E-state index >= 15 is 0 Å². The number of aryl methyl sites for hydroxylation is 1. The Labute approximate surface area is 172 Å². The summed E-state index contributed by atoms with van der Waals surface area (Å²) in [5.74, 6) is -1.28. The molecule has 2 rings (SSSR count). The van der Waals surface area contributed by atoms with E-state index in [0.29, 0.717) is 23.8 Å². The summed E-state index contributed by atoms with van der Waals surface area (Å²) in [6, 6.07) is 10.2. The van der Waals surface area contributed by atoms with E-state index in [1.54, 1.807) is 18.2 Å². The molecule has 3 amide bonds. The number of nitrogens with one attached hydrogen (secondary N) is 3. The van der Waals surface area contributed by atoms with Crippen molar-refractivity contribution in [1.82, 2.24) is 16.2 Å². The fraction of sp³-hybridized carbons (Fsp3) is 0.250. The fourth-order valence-corrected chi connectivity index (χ4v) is 2.53. The molecule has 0 heterocycles. The predicted molar refractivity (Wildman–Crippen MR) is 106 cm³/mol. The summed E-state index contributed by atoms with van der Waals surface area (Å²) in [6.45, 7) is 1.87. The van der Waals surface area contributed by atoms with E-state index in [9.17, 15) is 18.8 Å². The number of amides is 3. The quantitative estimate of drug-likeness (QED) is 0.450. The van der Waals surface area contributed by atoms with Crippen LogP contribution in [0.2, 0.25) is 5.02 Å². The predicted octanol–water partition coefficient (Wildman–Crippen LogP) is 2.52. The minimum Gasteiger partial charge on any atom is -0.493 e. The summed E-state index contributed by atoms with van der Waals surface area (Å²) in [6.07, 6.45) is 0.597. The lowest BCUT2D eigenvalue weighted by molar-refractivity contribution is -0.128. The van der Waals surface area contributed by atoms with Crippen LogP contribution in [0.1, 0.15) is 28.8 Å². The second-order valence-electron chi connectivity index (χ2n) is 6.15. The van der Waals surface area contributed by atoms with Crippen molar-refractivity contribution in [2.24, 2.45) is 0 Å². The lowest BCUT2D eigenvalue weighted by Crippen LogP contribution is -2.46. The van der Waals surface area contributed by atoms with Crippen molar-refractivity contribution in [3.8, 4) is 5.75 Å². The van der Waals surface area contributed by atoms with Crippen LogP contribution in [0.4, 0.5) is 4.39 Å². The Kier molecular flexibility index (Phi) is 8.42. The molecule has 0 aliphatic rings. The van der Waals surface area contributed by atoms with Crippen LogP contribution in [0, 0.1) is 12.7 Å². The van der Waals surface area contributed by atoms with E-state index in [2.05, 4.69) is 16.2 Å². The number of hydrazine groups is 1. The fourth-order valence-electron chi connectivity index (χ4n) is 2.30. The lowest BCUT2D eigenvalue weighted by atomic mass is 10.2. The van der Waals surface area contributed by atoms with E-state index in [4.69, 9.17) is 16.3 Å². The molecule has 0 saturated heterocycles. The highest BCUT2D eigenvalue weighted by Crippen LogP contribution is 2.21. The van der Waals surface area contributed by atoms with Crippen LogP contribution < -0.4 is 20.9 Å². The van der Waals surface area contributed by atoms with Gasteiger partial charge < -0.3 is 10.1 Å². The number of carbonyl (C=O) groups is 3. The van der Waals surface area contributed by atoms with Crippen LogP contribution in [0.3, 0.4) is 0 Å². The Bertz CT molecular complexity index is 875. The standard InChI is InChI=1S/C20H21ClFN3O4/c1-13-11-15(21)6-9-17(13)29-10-2-3-18(26)24-25-19(27)12-23-20(28)14-4-7-16(22)8-5-14/h4-9,11H,2-3,10,12H2,1H3,(H,23,28)(H,24,26)(H,25,27). The van der Waals surface area contributed by atoms with Crippen LogP contribution in [0.15, 0.2) is 42.5 Å². The second kappa shape index (κ2) is 11.0. The number of halogens is 2. The molecule has 0 saturated carbocycles. The molecular weight excluding hydrogens is 401 g/mol. The number of ether oxygens (including phenoxy) is 1. The Balaban J connectivity index is 1.60. The van der Waals surface area contributed by atoms with Crippen LogP contribution >= 0.6 is 11.6 Å². The van der Waals surface area contributed by atoms with Crippen molar-refractivity contribution in [2.45, 2.75) is 19.8 Å². The highest BCUT2D eigenvalue weighted by atomic mass is 35.5. The molecule has 0 fully saturated rings. The maximum atomic E-state index is 12.8. The van der Waals surface area contributed by atoms with E-state index in [-0.39, 0.29) is 24.4 Å². The van der Waals surface area contributed by atoms with Crippen molar-refractivity contribution in [2.75, 3.05) is 13.2 Å². The molecule has 0 unspecified atom stereocenters. The van der Waals surface area contributed by atoms with Gasteiger partial charge in [-0.25, -0.2) is 4.39 Å². The number of carbonyl (C=O) groups excluding carboxylic acids is 3. The van der Waals surface area contributed by atoms with Crippen LogP contribution in [0.25, 0.3) is 0 Å². The zero-order chi connectivity index (χ0) is 21.2. The molecule has 0 aromatic heterocycles. The average Bonchev–Trinajstić information content (AvgIpc) is 2.69. The average molecular weight is 422 g/mol. The second-order valence-corrected chi connectivity index (χ2v) is 6.58. The Morgan fingerprint density at radius 2 is 1.72 bits per heavy atom. The van der Waals surface area contributed by atoms with Gasteiger partial charge in [0.25, 0.3) is 11.8 Å². The van der Waals surface area contributed by atoms with Crippen molar-refractivity contribution < 1.29 is 23.5 Å². The molecule has 2 aromatic rings. The van der Waals surface area contributed by atoms with Crippen LogP contribution in [0.5, 0.6) is 5.75 Å². The first kappa shape index (κ1) is 22.2. The minimum atomic E-state index is -0.596. The van der Waals surface area contributed by atoms with E-state index in [1.165, 1.54) is 12.1 Å². The first-order valence-corrected chi connectivity index (χ1v) is 9.23. The highest BCUT2D eigenvalue weighted by molar-refractivity contribution is 6.30. The number of hydrogen-bond donors (Lipinski definition) is 3. The summed E-state index contributed by atoms with van der Waals surface area (Å²) in [5.41, 5.74) is 5.58. The van der Waals surface area contributed by atoms with Gasteiger partial charge in [0.1, 0.15) is 11.6 Å². The molecule has 3 N–H and O–H groups in total. The van der Waals surface area contributed by atoms with Gasteiger partial charge >= 0.3 is 0 Å². The van der Waals surface area contributed by atoms with Gasteiger partial charge in [-0.15, -0.1) is 0 Å². The largest absolute Gasteiger partial charge is 0.493 e. The molecule has 0 bridgehead atoms. The highest BCUT2D eigenvalue weighted by Gasteiger charge is 2.09. The summed E-state index contributed by atoms with van der Waals surface area (Å²) in [4.78, 5) is 35.2. The van der Waals surface area contributed by atoms with Gasteiger partial charge in [0.15, 0.2) is 0 Å². The molecule has 0 atom stereocenters. The topological polar surface area (TPSA) is 96.5 Å². The molecule has 0 aliphatic carbocycles. The van der Waals surface area contributed by atoms with Crippen molar-refractivity contribution in [3.05, 3.63) is 64.4 Å². The first-order chi connectivity index (χ1) is 13.8. The zero-order valence-corrected chi connectivity index (χ0v) is 16.5. The Morgan fingerprint density at radius 3 is 2.41 bits per heavy atom. The van der Waals surface area contributed by atoms with Gasteiger partial charge in [-0.1, -0.05) is 11.6 Å². The molecule has 0 aliphatic heterocycles. The molecular formula is C20H21ClFN3O4. The zero-order valence-electron chi connectivity index (χ0n) is 15.8. The normalized spacial score (nSPS) is 10.2. The Morgan fingerprint density at radius 1 is 1.03 bits per heavy atom. The van der Waals surface area contributed by atoms with Gasteiger partial charge in [0, 0.05) is 17.0 Å². The summed E-state index contributed by atoms with van der Waals surface area (Å²) in [7, 11) is 0. The first-order valence-electron chi connectivity index (χ1n) is 8.85. The van der Waals surface area contributed by atoms with Crippen LogP contribution in [-0.4, -0.2) is 30.9 Å². The summed E-state index contributed by atoms with van der Waals surface area (Å²) in [5, 5.41) is 2.99. The van der Waals surface area contributed by atoms with Gasteiger partial charge in [-0.2, -0.15) is 0 Å². The third kappa shape index (κ3) is 7.79. The molecule has 29 heavy (non-hydrogen) atoms.